The molecule has 1 aliphatic heterocycles. The summed E-state index contributed by atoms with van der Waals surface area (Å²) in [7, 11) is 1.56. The maximum Gasteiger partial charge on any atom is 0.295 e. The number of carbonyl (C=O) groups is 2. The predicted octanol–water partition coefficient (Wildman–Crippen LogP) is 4.75. The lowest BCUT2D eigenvalue weighted by atomic mass is 9.96. The van der Waals surface area contributed by atoms with Crippen molar-refractivity contribution in [1.82, 2.24) is 9.88 Å². The van der Waals surface area contributed by atoms with Gasteiger partial charge in [0.1, 0.15) is 17.3 Å². The Morgan fingerprint density at radius 2 is 1.89 bits per heavy atom. The number of benzene rings is 2. The van der Waals surface area contributed by atoms with Crippen LogP contribution in [0.1, 0.15) is 36.6 Å². The molecular weight excluding hydrogens is 444 g/mol. The fraction of sp³-hybridized carbons (Fsp3) is 0.250. The van der Waals surface area contributed by atoms with Gasteiger partial charge >= 0.3 is 0 Å². The molecule has 4 rings (SSSR count). The van der Waals surface area contributed by atoms with E-state index in [-0.39, 0.29) is 17.9 Å². The monoisotopic (exact) mass is 472 g/mol. The summed E-state index contributed by atoms with van der Waals surface area (Å²) in [5.74, 6) is -0.190. The summed E-state index contributed by atoms with van der Waals surface area (Å²) in [6, 6.07) is 16.9. The Bertz CT molecular complexity index is 1250. The van der Waals surface area contributed by atoms with E-state index in [1.54, 1.807) is 62.0 Å². The van der Waals surface area contributed by atoms with Gasteiger partial charge < -0.3 is 19.5 Å². The minimum Gasteiger partial charge on any atom is -0.507 e. The normalized spacial score (nSPS) is 17.1. The molecule has 1 aromatic heterocycles. The number of amides is 1. The van der Waals surface area contributed by atoms with E-state index in [1.807, 2.05) is 32.0 Å². The number of Topliss-reactive ketones (excluding diaryl/α,β-unsaturated/α-hetero) is 1. The second-order valence-electron chi connectivity index (χ2n) is 8.76. The first-order valence-corrected chi connectivity index (χ1v) is 11.4. The molecule has 0 bridgehead atoms. The van der Waals surface area contributed by atoms with E-state index in [9.17, 15) is 14.7 Å². The van der Waals surface area contributed by atoms with Gasteiger partial charge in [-0.3, -0.25) is 14.6 Å². The number of rotatable bonds is 8. The van der Waals surface area contributed by atoms with Crippen LogP contribution in [0.15, 0.2) is 78.6 Å². The Morgan fingerprint density at radius 3 is 2.60 bits per heavy atom. The number of likely N-dealkylation sites (tertiary alicyclic amines) is 1. The zero-order chi connectivity index (χ0) is 24.9. The number of methoxy groups -OCH3 is 1. The topological polar surface area (TPSA) is 89.0 Å². The van der Waals surface area contributed by atoms with Crippen molar-refractivity contribution in [3.8, 4) is 11.5 Å². The van der Waals surface area contributed by atoms with Crippen molar-refractivity contribution in [3.05, 3.63) is 95.3 Å². The van der Waals surface area contributed by atoms with Gasteiger partial charge in [-0.05, 0) is 35.7 Å². The average molecular weight is 473 g/mol. The van der Waals surface area contributed by atoms with Crippen molar-refractivity contribution in [2.75, 3.05) is 13.7 Å². The van der Waals surface area contributed by atoms with Crippen LogP contribution in [0, 0.1) is 5.92 Å². The van der Waals surface area contributed by atoms with E-state index in [0.29, 0.717) is 35.2 Å². The molecule has 180 valence electrons. The molecule has 1 amide bonds. The molecule has 3 aromatic rings. The van der Waals surface area contributed by atoms with E-state index >= 15 is 0 Å². The summed E-state index contributed by atoms with van der Waals surface area (Å²) in [6.07, 6.45) is 3.21. The van der Waals surface area contributed by atoms with E-state index < -0.39 is 17.7 Å². The first-order chi connectivity index (χ1) is 16.9. The number of aromatic nitrogens is 1. The summed E-state index contributed by atoms with van der Waals surface area (Å²) in [5.41, 5.74) is 1.78. The Kier molecular flexibility index (Phi) is 7.15. The van der Waals surface area contributed by atoms with Crippen LogP contribution in [0.4, 0.5) is 0 Å². The minimum absolute atomic E-state index is 0.0129. The van der Waals surface area contributed by atoms with Gasteiger partial charge in [0.15, 0.2) is 0 Å². The minimum atomic E-state index is -0.811. The number of hydrogen-bond donors (Lipinski definition) is 1. The first kappa shape index (κ1) is 24.0. The maximum atomic E-state index is 13.3. The third-order valence-electron chi connectivity index (χ3n) is 5.76. The van der Waals surface area contributed by atoms with Crippen LogP contribution < -0.4 is 9.47 Å². The summed E-state index contributed by atoms with van der Waals surface area (Å²) in [6.45, 7) is 4.73. The molecule has 0 saturated carbocycles. The van der Waals surface area contributed by atoms with Gasteiger partial charge in [-0.1, -0.05) is 50.2 Å². The number of ketones is 1. The molecule has 0 radical (unpaired) electrons. The number of aliphatic hydroxyl groups is 1. The SMILES string of the molecule is COc1ccccc1CN1C(=O)C(=O)/C(=C(\O)c2cccc(OCC(C)C)c2)C1c1cccnc1. The second-order valence-corrected chi connectivity index (χ2v) is 8.76. The van der Waals surface area contributed by atoms with Crippen molar-refractivity contribution in [2.45, 2.75) is 26.4 Å². The zero-order valence-electron chi connectivity index (χ0n) is 20.0. The van der Waals surface area contributed by atoms with Crippen LogP contribution in [-0.2, 0) is 16.1 Å². The molecule has 1 unspecified atom stereocenters. The molecule has 1 fully saturated rings. The maximum absolute atomic E-state index is 13.3. The summed E-state index contributed by atoms with van der Waals surface area (Å²) >= 11 is 0. The molecule has 1 N–H and O–H groups in total. The first-order valence-electron chi connectivity index (χ1n) is 11.4. The number of ether oxygens (including phenoxy) is 2. The molecule has 0 spiro atoms. The Hall–Kier alpha value is -4.13. The standard InChI is InChI=1S/C28H28N2O5/c1-18(2)17-35-22-11-6-9-19(14-22)26(31)24-25(20-10-7-13-29-15-20)30(28(33)27(24)32)16-21-8-4-5-12-23(21)34-3/h4-15,18,25,31H,16-17H2,1-3H3/b26-24-. The Morgan fingerprint density at radius 1 is 1.09 bits per heavy atom. The third kappa shape index (κ3) is 5.04. The number of carbonyl (C=O) groups excluding carboxylic acids is 2. The van der Waals surface area contributed by atoms with Crippen molar-refractivity contribution in [2.24, 2.45) is 5.92 Å². The highest BCUT2D eigenvalue weighted by Crippen LogP contribution is 2.41. The Balaban J connectivity index is 1.80. The highest BCUT2D eigenvalue weighted by Gasteiger charge is 2.46. The number of aliphatic hydroxyl groups excluding tert-OH is 1. The smallest absolute Gasteiger partial charge is 0.295 e. The van der Waals surface area contributed by atoms with Crippen molar-refractivity contribution >= 4 is 17.4 Å². The highest BCUT2D eigenvalue weighted by molar-refractivity contribution is 6.46. The molecule has 2 heterocycles. The fourth-order valence-corrected chi connectivity index (χ4v) is 4.10. The molecule has 7 heteroatoms. The summed E-state index contributed by atoms with van der Waals surface area (Å²) in [5, 5.41) is 11.3. The second kappa shape index (κ2) is 10.4. The van der Waals surface area contributed by atoms with Gasteiger partial charge in [-0.2, -0.15) is 0 Å². The fourth-order valence-electron chi connectivity index (χ4n) is 4.10. The highest BCUT2D eigenvalue weighted by atomic mass is 16.5. The van der Waals surface area contributed by atoms with E-state index in [1.165, 1.54) is 4.90 Å². The molecule has 1 aliphatic rings. The molecule has 0 aliphatic carbocycles. The lowest BCUT2D eigenvalue weighted by Crippen LogP contribution is -2.29. The molecule has 1 saturated heterocycles. The van der Waals surface area contributed by atoms with Gasteiger partial charge in [-0.25, -0.2) is 0 Å². The van der Waals surface area contributed by atoms with E-state index in [0.717, 1.165) is 5.56 Å². The third-order valence-corrected chi connectivity index (χ3v) is 5.76. The lowest BCUT2D eigenvalue weighted by molar-refractivity contribution is -0.140. The van der Waals surface area contributed by atoms with Crippen molar-refractivity contribution in [3.63, 3.8) is 0 Å². The lowest BCUT2D eigenvalue weighted by Gasteiger charge is -2.25. The van der Waals surface area contributed by atoms with Crippen LogP contribution in [-0.4, -0.2) is 40.4 Å². The summed E-state index contributed by atoms with van der Waals surface area (Å²) < 4.78 is 11.2. The van der Waals surface area contributed by atoms with Crippen LogP contribution >= 0.6 is 0 Å². The predicted molar refractivity (Wildman–Crippen MR) is 132 cm³/mol. The molecular formula is C28H28N2O5. The molecule has 35 heavy (non-hydrogen) atoms. The van der Waals surface area contributed by atoms with Crippen LogP contribution in [0.3, 0.4) is 0 Å². The number of hydrogen-bond acceptors (Lipinski definition) is 6. The molecule has 2 aromatic carbocycles. The van der Waals surface area contributed by atoms with Gasteiger partial charge in [-0.15, -0.1) is 0 Å². The number of pyridine rings is 1. The van der Waals surface area contributed by atoms with E-state index in [2.05, 4.69) is 4.98 Å². The molecule has 7 nitrogen and oxygen atoms in total. The van der Waals surface area contributed by atoms with Gasteiger partial charge in [0.2, 0.25) is 0 Å². The van der Waals surface area contributed by atoms with Gasteiger partial charge in [0.25, 0.3) is 11.7 Å². The van der Waals surface area contributed by atoms with Crippen LogP contribution in [0.25, 0.3) is 5.76 Å². The van der Waals surface area contributed by atoms with Crippen LogP contribution in [0.5, 0.6) is 11.5 Å². The number of para-hydroxylation sites is 1. The Labute approximate surface area is 204 Å². The molecule has 1 atom stereocenters. The van der Waals surface area contributed by atoms with E-state index in [4.69, 9.17) is 9.47 Å². The van der Waals surface area contributed by atoms with Gasteiger partial charge in [0.05, 0.1) is 31.9 Å². The zero-order valence-corrected chi connectivity index (χ0v) is 20.0. The van der Waals surface area contributed by atoms with Crippen LogP contribution in [0.2, 0.25) is 0 Å². The quantitative estimate of drug-likeness (QED) is 0.289. The average Bonchev–Trinajstić information content (AvgIpc) is 3.13. The number of nitrogens with zero attached hydrogens (tertiary/aromatic N) is 2. The van der Waals surface area contributed by atoms with Gasteiger partial charge in [0, 0.05) is 23.5 Å². The van der Waals surface area contributed by atoms with Crippen molar-refractivity contribution < 1.29 is 24.2 Å². The van der Waals surface area contributed by atoms with Crippen molar-refractivity contribution in [1.29, 1.82) is 0 Å². The summed E-state index contributed by atoms with van der Waals surface area (Å²) in [4.78, 5) is 32.1. The largest absolute Gasteiger partial charge is 0.507 e.